The topological polar surface area (TPSA) is 90.2 Å². The molecule has 0 saturated heterocycles. The van der Waals surface area contributed by atoms with Crippen LogP contribution in [0.1, 0.15) is 89.3 Å². The van der Waals surface area contributed by atoms with E-state index in [9.17, 15) is 0 Å². The van der Waals surface area contributed by atoms with Gasteiger partial charge in [-0.2, -0.15) is 0 Å². The Balaban J connectivity index is 0.000000348. The number of nitrogens with zero attached hydrogens (tertiary/aromatic N) is 7. The Bertz CT molecular complexity index is 3750. The third kappa shape index (κ3) is 24.1. The zero-order valence-electron chi connectivity index (χ0n) is 49.3. The van der Waals surface area contributed by atoms with Crippen molar-refractivity contribution >= 4 is 75.9 Å². The lowest BCUT2D eigenvalue weighted by Gasteiger charge is -1.96. The second-order valence-corrected chi connectivity index (χ2v) is 20.5. The molecule has 7 heterocycles. The minimum Gasteiger partial charge on any atom is -0.264 e. The highest BCUT2D eigenvalue weighted by Crippen LogP contribution is 2.18. The lowest BCUT2D eigenvalue weighted by Crippen LogP contribution is -1.80. The van der Waals surface area contributed by atoms with Crippen molar-refractivity contribution < 1.29 is 0 Å². The summed E-state index contributed by atoms with van der Waals surface area (Å²) in [7, 11) is 0. The van der Waals surface area contributed by atoms with Gasteiger partial charge in [0.1, 0.15) is 0 Å². The van der Waals surface area contributed by atoms with Gasteiger partial charge in [-0.3, -0.25) is 34.9 Å². The number of aryl methyl sites for hydroxylation is 8. The van der Waals surface area contributed by atoms with Crippen molar-refractivity contribution in [3.05, 3.63) is 331 Å². The number of rotatable bonds is 0. The predicted octanol–water partition coefficient (Wildman–Crippen LogP) is 23.6. The van der Waals surface area contributed by atoms with Gasteiger partial charge in [-0.05, 0) is 162 Å². The number of benzene rings is 8. The smallest absolute Gasteiger partial charge is 0.0705 e. The second kappa shape index (κ2) is 39.4. The summed E-state index contributed by atoms with van der Waals surface area (Å²) in [5.74, 6) is 0. The molecule has 0 aliphatic carbocycles. The molecular weight excluding hydrogens is 1090 g/mol. The molecule has 462 valence electrons. The Hall–Kier alpha value is -10.4. The molecule has 7 aromatic heterocycles. The Labute approximate surface area is 538 Å². The van der Waals surface area contributed by atoms with E-state index in [-0.39, 0.29) is 44.6 Å². The van der Waals surface area contributed by atoms with Crippen LogP contribution in [0.3, 0.4) is 0 Å². The molecule has 0 atom stereocenters. The average molecular weight is 1190 g/mol. The van der Waals surface area contributed by atoms with Gasteiger partial charge in [0.2, 0.25) is 0 Å². The van der Waals surface area contributed by atoms with Crippen molar-refractivity contribution in [1.82, 2.24) is 34.9 Å². The van der Waals surface area contributed by atoms with Gasteiger partial charge in [0.25, 0.3) is 0 Å². The van der Waals surface area contributed by atoms with Gasteiger partial charge in [0.05, 0.1) is 22.1 Å². The van der Waals surface area contributed by atoms with E-state index >= 15 is 0 Å². The van der Waals surface area contributed by atoms with Crippen molar-refractivity contribution in [1.29, 1.82) is 0 Å². The third-order valence-corrected chi connectivity index (χ3v) is 13.3. The fourth-order valence-corrected chi connectivity index (χ4v) is 8.86. The van der Waals surface area contributed by atoms with E-state index in [0.717, 1.165) is 33.5 Å². The van der Waals surface area contributed by atoms with Gasteiger partial charge in [0, 0.05) is 98.7 Å². The van der Waals surface area contributed by atoms with Gasteiger partial charge < -0.3 is 0 Å². The molecule has 0 fully saturated rings. The van der Waals surface area contributed by atoms with Crippen molar-refractivity contribution in [3.8, 4) is 0 Å². The Morgan fingerprint density at radius 2 is 0.622 bits per heavy atom. The van der Waals surface area contributed by atoms with Crippen LogP contribution in [0.2, 0.25) is 0 Å². The number of hydrogen-bond acceptors (Lipinski definition) is 7. The van der Waals surface area contributed by atoms with E-state index in [4.69, 9.17) is 0 Å². The molecule has 0 aliphatic rings. The highest BCUT2D eigenvalue weighted by Gasteiger charge is 1.97. The molecule has 0 N–H and O–H groups in total. The van der Waals surface area contributed by atoms with Gasteiger partial charge >= 0.3 is 0 Å². The molecule has 0 aliphatic heterocycles. The summed E-state index contributed by atoms with van der Waals surface area (Å²) in [6, 6.07) is 80.5. The minimum absolute atomic E-state index is 0. The third-order valence-electron chi connectivity index (χ3n) is 13.3. The van der Waals surface area contributed by atoms with E-state index in [1.54, 1.807) is 0 Å². The van der Waals surface area contributed by atoms with Crippen LogP contribution in [0.5, 0.6) is 0 Å². The normalized spacial score (nSPS) is 9.47. The minimum atomic E-state index is 0. The van der Waals surface area contributed by atoms with Crippen molar-refractivity contribution in [2.75, 3.05) is 0 Å². The number of pyridine rings is 7. The first-order chi connectivity index (χ1) is 40.9. The van der Waals surface area contributed by atoms with E-state index in [1.807, 2.05) is 167 Å². The average Bonchev–Trinajstić information content (AvgIpc) is 3.74. The molecule has 0 saturated carbocycles. The Morgan fingerprint density at radius 1 is 0.200 bits per heavy atom. The molecule has 15 rings (SSSR count). The fraction of sp³-hybridized carbons (Fsp3) is 0.169. The quantitative estimate of drug-likeness (QED) is 0.149. The number of fused-ring (bicyclic) bond motifs is 7. The number of para-hydroxylation sites is 2. The van der Waals surface area contributed by atoms with Gasteiger partial charge in [0.15, 0.2) is 0 Å². The van der Waals surface area contributed by atoms with Crippen LogP contribution in [-0.4, -0.2) is 34.9 Å². The maximum Gasteiger partial charge on any atom is 0.0705 e. The number of hydrogen-bond donors (Lipinski definition) is 0. The van der Waals surface area contributed by atoms with Gasteiger partial charge in [-0.1, -0.05) is 225 Å². The van der Waals surface area contributed by atoms with Crippen LogP contribution in [-0.2, 0) is 0 Å². The molecule has 15 aromatic rings. The van der Waals surface area contributed by atoms with Crippen LogP contribution in [0.25, 0.3) is 75.9 Å². The number of aromatic nitrogens is 7. The molecule has 8 aromatic carbocycles. The first-order valence-electron chi connectivity index (χ1n) is 28.1. The monoisotopic (exact) mass is 1190 g/mol. The Kier molecular flexibility index (Phi) is 33.2. The zero-order valence-corrected chi connectivity index (χ0v) is 49.3. The van der Waals surface area contributed by atoms with Crippen LogP contribution in [0.15, 0.2) is 286 Å². The van der Waals surface area contributed by atoms with E-state index in [2.05, 4.69) is 210 Å². The highest BCUT2D eigenvalue weighted by molar-refractivity contribution is 5.84. The summed E-state index contributed by atoms with van der Waals surface area (Å²) >= 11 is 0. The Morgan fingerprint density at radius 3 is 1.28 bits per heavy atom. The largest absolute Gasteiger partial charge is 0.264 e. The molecule has 0 spiro atoms. The molecule has 0 bridgehead atoms. The first kappa shape index (κ1) is 75.7. The summed E-state index contributed by atoms with van der Waals surface area (Å²) in [6.45, 7) is 16.5. The summed E-state index contributed by atoms with van der Waals surface area (Å²) in [4.78, 5) is 29.4. The predicted molar refractivity (Wildman–Crippen MR) is 397 cm³/mol. The summed E-state index contributed by atoms with van der Waals surface area (Å²) < 4.78 is 0. The maximum absolute atomic E-state index is 4.38. The lowest BCUT2D eigenvalue weighted by molar-refractivity contribution is 1.22. The van der Waals surface area contributed by atoms with Crippen LogP contribution in [0.4, 0.5) is 0 Å². The molecule has 7 nitrogen and oxygen atoms in total. The van der Waals surface area contributed by atoms with E-state index in [0.29, 0.717) is 0 Å². The standard InChI is InChI=1S/7C10H9N.C7H8.6CH4/c1-8-2-3-10-7-11-5-4-9(10)6-8;1-8-2-3-9-4-5-11-7-10(9)6-8;1-8-4-5-10-9(7-8)3-2-6-11-10;1-8-4-5-9-3-2-6-11-10(9)7-8;1-8-6-9-4-2-3-5-10(9)7-11-8;1-8-6-9-4-2-3-5-10(9)11-7-8;1-8-6-7-9-4-2-3-5-10(9)11-8;1-7-5-3-2-4-6-7;;;;;;/h7*2-7H,1H3;2-6H,1H3;6*1H4. The summed E-state index contributed by atoms with van der Waals surface area (Å²) in [6.07, 6.45) is 14.9. The van der Waals surface area contributed by atoms with Crippen LogP contribution < -0.4 is 0 Å². The second-order valence-electron chi connectivity index (χ2n) is 20.5. The van der Waals surface area contributed by atoms with E-state index in [1.165, 1.54) is 87.2 Å². The van der Waals surface area contributed by atoms with Gasteiger partial charge in [-0.15, -0.1) is 0 Å². The zero-order chi connectivity index (χ0) is 58.9. The maximum atomic E-state index is 4.38. The summed E-state index contributed by atoms with van der Waals surface area (Å²) in [5, 5.41) is 12.3. The first-order valence-corrected chi connectivity index (χ1v) is 28.1. The molecule has 0 amide bonds. The molecule has 0 unspecified atom stereocenters. The summed E-state index contributed by atoms with van der Waals surface area (Å²) in [5.41, 5.74) is 14.1. The lowest BCUT2D eigenvalue weighted by atomic mass is 10.1. The highest BCUT2D eigenvalue weighted by atomic mass is 14.7. The van der Waals surface area contributed by atoms with Crippen molar-refractivity contribution in [2.45, 2.75) is 99.9 Å². The molecular formula is C83H95N7. The van der Waals surface area contributed by atoms with Crippen molar-refractivity contribution in [3.63, 3.8) is 0 Å². The molecule has 90 heavy (non-hydrogen) atoms. The van der Waals surface area contributed by atoms with Crippen LogP contribution >= 0.6 is 0 Å². The molecule has 7 heteroatoms. The fourth-order valence-electron chi connectivity index (χ4n) is 8.86. The van der Waals surface area contributed by atoms with Crippen LogP contribution in [0, 0.1) is 55.4 Å². The SMILES string of the molecule is C.C.C.C.C.C.Cc1cc2ccccc2cn1.Cc1ccc2ccccc2n1.Cc1ccc2cccnc2c1.Cc1ccc2ccncc2c1.Cc1ccc2cnccc2c1.Cc1ccc2ncccc2c1.Cc1ccccc1.Cc1cnc2ccccc2c1. The van der Waals surface area contributed by atoms with E-state index < -0.39 is 0 Å². The van der Waals surface area contributed by atoms with Gasteiger partial charge in [-0.25, -0.2) is 0 Å². The molecule has 0 radical (unpaired) electrons. The van der Waals surface area contributed by atoms with Crippen molar-refractivity contribution in [2.24, 2.45) is 0 Å².